The Kier molecular flexibility index (Phi) is 2.59. The van der Waals surface area contributed by atoms with E-state index >= 15 is 0 Å². The topological polar surface area (TPSA) is 52.9 Å². The minimum atomic E-state index is 0.104. The van der Waals surface area contributed by atoms with Gasteiger partial charge in [-0.05, 0) is 43.2 Å². The maximum atomic E-state index is 12.1. The van der Waals surface area contributed by atoms with Crippen molar-refractivity contribution in [3.8, 4) is 6.07 Å². The third-order valence-electron chi connectivity index (χ3n) is 4.35. The first-order chi connectivity index (χ1) is 8.72. The molecule has 0 aromatic heterocycles. The van der Waals surface area contributed by atoms with Gasteiger partial charge < -0.3 is 5.32 Å². The Bertz CT molecular complexity index is 534. The number of anilines is 1. The summed E-state index contributed by atoms with van der Waals surface area (Å²) in [5.74, 6) is 1.53. The molecule has 1 amide bonds. The molecule has 2 aliphatic rings. The van der Waals surface area contributed by atoms with Crippen LogP contribution in [-0.4, -0.2) is 5.91 Å². The van der Waals surface area contributed by atoms with Crippen molar-refractivity contribution in [1.29, 1.82) is 5.26 Å². The molecular formula is C15H16N2O. The molecule has 18 heavy (non-hydrogen) atoms. The van der Waals surface area contributed by atoms with Crippen molar-refractivity contribution in [1.82, 2.24) is 0 Å². The van der Waals surface area contributed by atoms with Crippen LogP contribution in [0.5, 0.6) is 0 Å². The Balaban J connectivity index is 1.76. The molecular weight excluding hydrogens is 224 g/mol. The molecule has 0 saturated heterocycles. The minimum Gasteiger partial charge on any atom is -0.325 e. The summed E-state index contributed by atoms with van der Waals surface area (Å²) in [6.45, 7) is 1.89. The number of fused-ring (bicyclic) bond motifs is 1. The maximum Gasteiger partial charge on any atom is 0.228 e. The molecule has 3 nitrogen and oxygen atoms in total. The molecule has 1 aromatic rings. The van der Waals surface area contributed by atoms with Crippen molar-refractivity contribution in [2.45, 2.75) is 26.2 Å². The lowest BCUT2D eigenvalue weighted by molar-refractivity contribution is -0.118. The predicted molar refractivity (Wildman–Crippen MR) is 68.8 cm³/mol. The lowest BCUT2D eigenvalue weighted by atomic mass is 10.1. The molecule has 0 radical (unpaired) electrons. The van der Waals surface area contributed by atoms with E-state index in [9.17, 15) is 4.79 Å². The molecule has 0 bridgehead atoms. The van der Waals surface area contributed by atoms with E-state index in [1.165, 1.54) is 19.3 Å². The van der Waals surface area contributed by atoms with Gasteiger partial charge in [0.05, 0.1) is 11.3 Å². The van der Waals surface area contributed by atoms with Crippen LogP contribution in [0.15, 0.2) is 18.2 Å². The molecule has 2 unspecified atom stereocenters. The number of nitrogens with one attached hydrogen (secondary N) is 1. The number of hydrogen-bond acceptors (Lipinski definition) is 2. The van der Waals surface area contributed by atoms with E-state index in [4.69, 9.17) is 5.26 Å². The van der Waals surface area contributed by atoms with Crippen LogP contribution < -0.4 is 5.32 Å². The van der Waals surface area contributed by atoms with Crippen LogP contribution in [0.4, 0.5) is 5.69 Å². The SMILES string of the molecule is Cc1cccc(NC(=O)C2C3CCCC32)c1C#N. The second-order valence-electron chi connectivity index (χ2n) is 5.38. The number of nitrogens with zero attached hydrogens (tertiary/aromatic N) is 1. The Morgan fingerprint density at radius 2 is 2.11 bits per heavy atom. The van der Waals surface area contributed by atoms with E-state index in [0.29, 0.717) is 23.1 Å². The molecule has 0 spiro atoms. The highest BCUT2D eigenvalue weighted by Crippen LogP contribution is 2.57. The predicted octanol–water partition coefficient (Wildman–Crippen LogP) is 2.85. The zero-order valence-corrected chi connectivity index (χ0v) is 10.4. The van der Waals surface area contributed by atoms with E-state index in [1.54, 1.807) is 0 Å². The summed E-state index contributed by atoms with van der Waals surface area (Å²) >= 11 is 0. The summed E-state index contributed by atoms with van der Waals surface area (Å²) in [5.41, 5.74) is 2.15. The van der Waals surface area contributed by atoms with E-state index in [0.717, 1.165) is 5.56 Å². The van der Waals surface area contributed by atoms with Crippen LogP contribution in [0.2, 0.25) is 0 Å². The first-order valence-electron chi connectivity index (χ1n) is 6.53. The molecule has 0 aliphatic heterocycles. The van der Waals surface area contributed by atoms with Gasteiger partial charge in [-0.15, -0.1) is 0 Å². The normalized spacial score (nSPS) is 28.3. The first kappa shape index (κ1) is 11.3. The first-order valence-corrected chi connectivity index (χ1v) is 6.53. The Hall–Kier alpha value is -1.82. The highest BCUT2D eigenvalue weighted by Gasteiger charge is 2.56. The van der Waals surface area contributed by atoms with Gasteiger partial charge in [-0.25, -0.2) is 0 Å². The quantitative estimate of drug-likeness (QED) is 0.864. The smallest absolute Gasteiger partial charge is 0.228 e. The summed E-state index contributed by atoms with van der Waals surface area (Å²) in [6, 6.07) is 7.73. The average molecular weight is 240 g/mol. The van der Waals surface area contributed by atoms with Crippen molar-refractivity contribution >= 4 is 11.6 Å². The van der Waals surface area contributed by atoms with Gasteiger partial charge in [0.2, 0.25) is 5.91 Å². The van der Waals surface area contributed by atoms with Gasteiger partial charge in [0, 0.05) is 5.92 Å². The Morgan fingerprint density at radius 3 is 2.78 bits per heavy atom. The van der Waals surface area contributed by atoms with E-state index in [-0.39, 0.29) is 11.8 Å². The molecule has 2 fully saturated rings. The third-order valence-corrected chi connectivity index (χ3v) is 4.35. The summed E-state index contributed by atoms with van der Waals surface area (Å²) in [7, 11) is 0. The number of carbonyl (C=O) groups excluding carboxylic acids is 1. The van der Waals surface area contributed by atoms with Crippen LogP contribution in [-0.2, 0) is 4.79 Å². The Labute approximate surface area is 107 Å². The van der Waals surface area contributed by atoms with Gasteiger partial charge in [-0.2, -0.15) is 5.26 Å². The summed E-state index contributed by atoms with van der Waals surface area (Å²) in [4.78, 5) is 12.1. The largest absolute Gasteiger partial charge is 0.325 e. The number of aryl methyl sites for hydroxylation is 1. The molecule has 0 heterocycles. The van der Waals surface area contributed by atoms with E-state index < -0.39 is 0 Å². The summed E-state index contributed by atoms with van der Waals surface area (Å²) < 4.78 is 0. The average Bonchev–Trinajstić information content (AvgIpc) is 2.84. The number of carbonyl (C=O) groups is 1. The fourth-order valence-corrected chi connectivity index (χ4v) is 3.35. The fraction of sp³-hybridized carbons (Fsp3) is 0.467. The van der Waals surface area contributed by atoms with Crippen molar-refractivity contribution in [2.75, 3.05) is 5.32 Å². The van der Waals surface area contributed by atoms with Gasteiger partial charge in [-0.3, -0.25) is 4.79 Å². The third kappa shape index (κ3) is 1.69. The summed E-state index contributed by atoms with van der Waals surface area (Å²) in [6.07, 6.45) is 3.66. The van der Waals surface area contributed by atoms with Crippen LogP contribution in [0.3, 0.4) is 0 Å². The second-order valence-corrected chi connectivity index (χ2v) is 5.38. The molecule has 1 aromatic carbocycles. The molecule has 2 atom stereocenters. The molecule has 2 saturated carbocycles. The van der Waals surface area contributed by atoms with Crippen molar-refractivity contribution in [3.05, 3.63) is 29.3 Å². The number of nitriles is 1. The number of hydrogen-bond donors (Lipinski definition) is 1. The van der Waals surface area contributed by atoms with E-state index in [2.05, 4.69) is 11.4 Å². The number of benzene rings is 1. The van der Waals surface area contributed by atoms with Gasteiger partial charge in [0.1, 0.15) is 6.07 Å². The van der Waals surface area contributed by atoms with Gasteiger partial charge in [0.15, 0.2) is 0 Å². The van der Waals surface area contributed by atoms with Crippen molar-refractivity contribution in [3.63, 3.8) is 0 Å². The van der Waals surface area contributed by atoms with Crippen LogP contribution in [0.1, 0.15) is 30.4 Å². The van der Waals surface area contributed by atoms with Crippen molar-refractivity contribution < 1.29 is 4.79 Å². The van der Waals surface area contributed by atoms with Crippen LogP contribution in [0, 0.1) is 36.0 Å². The highest BCUT2D eigenvalue weighted by atomic mass is 16.2. The molecule has 3 rings (SSSR count). The van der Waals surface area contributed by atoms with Crippen LogP contribution in [0.25, 0.3) is 0 Å². The minimum absolute atomic E-state index is 0.104. The fourth-order valence-electron chi connectivity index (χ4n) is 3.35. The molecule has 3 heteroatoms. The lowest BCUT2D eigenvalue weighted by Crippen LogP contribution is -2.17. The maximum absolute atomic E-state index is 12.1. The lowest BCUT2D eigenvalue weighted by Gasteiger charge is -2.09. The number of amides is 1. The molecule has 1 N–H and O–H groups in total. The van der Waals surface area contributed by atoms with Crippen molar-refractivity contribution in [2.24, 2.45) is 17.8 Å². The Morgan fingerprint density at radius 1 is 1.39 bits per heavy atom. The molecule has 2 aliphatic carbocycles. The van der Waals surface area contributed by atoms with E-state index in [1.807, 2.05) is 25.1 Å². The van der Waals surface area contributed by atoms with Crippen LogP contribution >= 0.6 is 0 Å². The zero-order valence-electron chi connectivity index (χ0n) is 10.4. The van der Waals surface area contributed by atoms with Gasteiger partial charge in [-0.1, -0.05) is 18.6 Å². The zero-order chi connectivity index (χ0) is 12.7. The molecule has 92 valence electrons. The number of rotatable bonds is 2. The van der Waals surface area contributed by atoms with Gasteiger partial charge in [0.25, 0.3) is 0 Å². The second kappa shape index (κ2) is 4.13. The van der Waals surface area contributed by atoms with Gasteiger partial charge >= 0.3 is 0 Å². The standard InChI is InChI=1S/C15H16N2O/c1-9-4-2-7-13(12(9)8-16)17-15(18)14-10-5-3-6-11(10)14/h2,4,7,10-11,14H,3,5-6H2,1H3,(H,17,18). The summed E-state index contributed by atoms with van der Waals surface area (Å²) in [5, 5.41) is 12.1. The highest BCUT2D eigenvalue weighted by molar-refractivity contribution is 5.96. The monoisotopic (exact) mass is 240 g/mol.